The smallest absolute Gasteiger partial charge is 0.418 e. The molecule has 0 radical (unpaired) electrons. The molecule has 0 bridgehead atoms. The Balaban J connectivity index is 2.59. The summed E-state index contributed by atoms with van der Waals surface area (Å²) in [5.74, 6) is -0.514. The van der Waals surface area contributed by atoms with Gasteiger partial charge in [0.1, 0.15) is 5.82 Å². The average Bonchev–Trinajstić information content (AvgIpc) is 2.77. The van der Waals surface area contributed by atoms with Crippen molar-refractivity contribution in [2.75, 3.05) is 6.61 Å². The highest BCUT2D eigenvalue weighted by Gasteiger charge is 2.21. The van der Waals surface area contributed by atoms with Crippen LogP contribution in [0.25, 0.3) is 11.1 Å². The summed E-state index contributed by atoms with van der Waals surface area (Å²) in [7, 11) is 0. The van der Waals surface area contributed by atoms with Gasteiger partial charge in [0.2, 0.25) is 0 Å². The quantitative estimate of drug-likeness (QED) is 0.807. The Labute approximate surface area is 122 Å². The van der Waals surface area contributed by atoms with Gasteiger partial charge < -0.3 is 4.74 Å². The third kappa shape index (κ3) is 2.86. The number of rotatable bonds is 3. The molecule has 0 atom stereocenters. The molecule has 1 heterocycles. The molecule has 0 amide bonds. The summed E-state index contributed by atoms with van der Waals surface area (Å²) in [6.07, 6.45) is 1.02. The molecule has 0 N–H and O–H groups in total. The molecule has 0 fully saturated rings. The van der Waals surface area contributed by atoms with Gasteiger partial charge in [0.25, 0.3) is 0 Å². The van der Waals surface area contributed by atoms with Crippen LogP contribution >= 0.6 is 0 Å². The average molecular weight is 289 g/mol. The maximum absolute atomic E-state index is 13.0. The van der Waals surface area contributed by atoms with Gasteiger partial charge in [0.15, 0.2) is 5.78 Å². The lowest BCUT2D eigenvalue weighted by molar-refractivity contribution is 0.101. The maximum atomic E-state index is 13.0. The van der Waals surface area contributed by atoms with Crippen molar-refractivity contribution in [1.29, 1.82) is 0 Å². The van der Waals surface area contributed by atoms with E-state index in [4.69, 9.17) is 4.74 Å². The molecule has 1 aromatic heterocycles. The zero-order valence-corrected chi connectivity index (χ0v) is 12.1. The van der Waals surface area contributed by atoms with Crippen LogP contribution in [0.3, 0.4) is 0 Å². The Hall–Kier alpha value is -2.43. The first kappa shape index (κ1) is 15.0. The molecule has 0 unspecified atom stereocenters. The Bertz CT molecular complexity index is 686. The van der Waals surface area contributed by atoms with Gasteiger partial charge in [-0.15, -0.1) is 0 Å². The van der Waals surface area contributed by atoms with E-state index in [1.807, 2.05) is 0 Å². The maximum Gasteiger partial charge on any atom is 0.418 e. The number of nitrogens with zero attached hydrogens (tertiary/aromatic N) is 1. The van der Waals surface area contributed by atoms with E-state index in [9.17, 15) is 14.0 Å². The monoisotopic (exact) mass is 289 g/mol. The Kier molecular flexibility index (Phi) is 4.21. The summed E-state index contributed by atoms with van der Waals surface area (Å²) in [5, 5.41) is 0. The number of carbonyl (C=O) groups excluding carboxylic acids is 2. The lowest BCUT2D eigenvalue weighted by Crippen LogP contribution is -2.14. The van der Waals surface area contributed by atoms with Gasteiger partial charge in [-0.2, -0.15) is 0 Å². The minimum atomic E-state index is -0.536. The van der Waals surface area contributed by atoms with Crippen LogP contribution in [-0.4, -0.2) is 23.1 Å². The summed E-state index contributed by atoms with van der Waals surface area (Å²) in [6.45, 7) is 5.08. The lowest BCUT2D eigenvalue weighted by atomic mass is 10.0. The molecule has 5 heteroatoms. The van der Waals surface area contributed by atoms with E-state index < -0.39 is 6.09 Å². The summed E-state index contributed by atoms with van der Waals surface area (Å²) < 4.78 is 19.3. The number of carbonyl (C=O) groups is 2. The summed E-state index contributed by atoms with van der Waals surface area (Å²) in [5.41, 5.74) is 2.22. The van der Waals surface area contributed by atoms with Gasteiger partial charge in [0, 0.05) is 23.0 Å². The third-order valence-corrected chi connectivity index (χ3v) is 3.22. The van der Waals surface area contributed by atoms with Crippen LogP contribution in [0.1, 0.15) is 29.9 Å². The van der Waals surface area contributed by atoms with Gasteiger partial charge in [-0.1, -0.05) is 12.1 Å². The number of halogens is 1. The lowest BCUT2D eigenvalue weighted by Gasteiger charge is -2.04. The van der Waals surface area contributed by atoms with Crippen molar-refractivity contribution in [3.63, 3.8) is 0 Å². The molecule has 1 aromatic carbocycles. The zero-order chi connectivity index (χ0) is 15.6. The molecule has 0 spiro atoms. The van der Waals surface area contributed by atoms with E-state index in [-0.39, 0.29) is 18.2 Å². The van der Waals surface area contributed by atoms with Crippen molar-refractivity contribution in [2.24, 2.45) is 0 Å². The number of hydrogen-bond acceptors (Lipinski definition) is 3. The number of Topliss-reactive ketones (excluding diaryl/α,β-unsaturated/α-hetero) is 1. The highest BCUT2D eigenvalue weighted by molar-refractivity contribution is 6.03. The molecule has 110 valence electrons. The van der Waals surface area contributed by atoms with Gasteiger partial charge >= 0.3 is 6.09 Å². The van der Waals surface area contributed by atoms with E-state index in [1.54, 1.807) is 32.2 Å². The van der Waals surface area contributed by atoms with Gasteiger partial charge in [-0.25, -0.2) is 9.18 Å². The largest absolute Gasteiger partial charge is 0.449 e. The van der Waals surface area contributed by atoms with Gasteiger partial charge in [-0.3, -0.25) is 9.36 Å². The number of hydrogen-bond donors (Lipinski definition) is 0. The van der Waals surface area contributed by atoms with E-state index in [2.05, 4.69) is 0 Å². The molecular formula is C16H16FNO3. The van der Waals surface area contributed by atoms with Crippen molar-refractivity contribution >= 4 is 11.9 Å². The highest BCUT2D eigenvalue weighted by Crippen LogP contribution is 2.29. The summed E-state index contributed by atoms with van der Waals surface area (Å²) in [4.78, 5) is 23.8. The Morgan fingerprint density at radius 3 is 2.38 bits per heavy atom. The van der Waals surface area contributed by atoms with E-state index in [0.717, 1.165) is 0 Å². The van der Waals surface area contributed by atoms with E-state index >= 15 is 0 Å². The van der Waals surface area contributed by atoms with Crippen LogP contribution in [0.2, 0.25) is 0 Å². The number of benzene rings is 1. The molecule has 0 aliphatic rings. The van der Waals surface area contributed by atoms with Crippen molar-refractivity contribution in [3.05, 3.63) is 47.5 Å². The minimum absolute atomic E-state index is 0.158. The second-order valence-corrected chi connectivity index (χ2v) is 4.64. The minimum Gasteiger partial charge on any atom is -0.449 e. The van der Waals surface area contributed by atoms with Gasteiger partial charge in [-0.05, 0) is 38.5 Å². The molecule has 2 aromatic rings. The Morgan fingerprint density at radius 2 is 1.86 bits per heavy atom. The molecule has 0 saturated carbocycles. The predicted octanol–water partition coefficient (Wildman–Crippen LogP) is 3.81. The van der Waals surface area contributed by atoms with Gasteiger partial charge in [0.05, 0.1) is 6.61 Å². The number of ketones is 1. The number of aromatic nitrogens is 1. The van der Waals surface area contributed by atoms with Crippen molar-refractivity contribution in [1.82, 2.24) is 4.57 Å². The second kappa shape index (κ2) is 5.91. The first-order chi connectivity index (χ1) is 9.95. The normalized spacial score (nSPS) is 10.5. The fourth-order valence-corrected chi connectivity index (χ4v) is 2.28. The van der Waals surface area contributed by atoms with Crippen molar-refractivity contribution in [3.8, 4) is 11.1 Å². The van der Waals surface area contributed by atoms with Crippen LogP contribution in [-0.2, 0) is 4.74 Å². The standard InChI is InChI=1S/C16H16FNO3/c1-4-21-16(20)18-9-14(15(10(18)2)11(3)19)12-5-7-13(17)8-6-12/h5-9H,4H2,1-3H3. The molecule has 0 saturated heterocycles. The summed E-state index contributed by atoms with van der Waals surface area (Å²) in [6, 6.07) is 5.78. The first-order valence-electron chi connectivity index (χ1n) is 6.61. The fraction of sp³-hybridized carbons (Fsp3) is 0.250. The number of ether oxygens (including phenoxy) is 1. The van der Waals surface area contributed by atoms with Crippen LogP contribution in [0.15, 0.2) is 30.5 Å². The second-order valence-electron chi connectivity index (χ2n) is 4.64. The molecule has 0 aliphatic carbocycles. The first-order valence-corrected chi connectivity index (χ1v) is 6.61. The van der Waals surface area contributed by atoms with E-state index in [0.29, 0.717) is 22.4 Å². The topological polar surface area (TPSA) is 48.3 Å². The highest BCUT2D eigenvalue weighted by atomic mass is 19.1. The molecule has 4 nitrogen and oxygen atoms in total. The predicted molar refractivity (Wildman–Crippen MR) is 77.0 cm³/mol. The van der Waals surface area contributed by atoms with Crippen LogP contribution in [0.4, 0.5) is 9.18 Å². The van der Waals surface area contributed by atoms with Crippen LogP contribution in [0.5, 0.6) is 0 Å². The zero-order valence-electron chi connectivity index (χ0n) is 12.1. The summed E-state index contributed by atoms with van der Waals surface area (Å²) >= 11 is 0. The molecule has 2 rings (SSSR count). The molecular weight excluding hydrogens is 273 g/mol. The third-order valence-electron chi connectivity index (χ3n) is 3.22. The SMILES string of the molecule is CCOC(=O)n1cc(-c2ccc(F)cc2)c(C(C)=O)c1C. The van der Waals surface area contributed by atoms with E-state index in [1.165, 1.54) is 23.6 Å². The molecule has 0 aliphatic heterocycles. The molecule has 21 heavy (non-hydrogen) atoms. The fourth-order valence-electron chi connectivity index (χ4n) is 2.28. The van der Waals surface area contributed by atoms with Crippen LogP contribution < -0.4 is 0 Å². The van der Waals surface area contributed by atoms with Crippen molar-refractivity contribution in [2.45, 2.75) is 20.8 Å². The Morgan fingerprint density at radius 1 is 1.24 bits per heavy atom. The van der Waals surface area contributed by atoms with Crippen LogP contribution in [0, 0.1) is 12.7 Å². The van der Waals surface area contributed by atoms with Crippen molar-refractivity contribution < 1.29 is 18.7 Å².